The largest absolute Gasteiger partial charge is 0.404 e. The summed E-state index contributed by atoms with van der Waals surface area (Å²) in [6.07, 6.45) is 10.5. The molecular weight excluding hydrogens is 338 g/mol. The van der Waals surface area contributed by atoms with Crippen molar-refractivity contribution in [1.82, 2.24) is 15.3 Å². The highest BCUT2D eigenvalue weighted by atomic mass is 15.1. The summed E-state index contributed by atoms with van der Waals surface area (Å²) in [5.74, 6) is 1.12. The summed E-state index contributed by atoms with van der Waals surface area (Å²) in [7, 11) is 1.79. The second kappa shape index (κ2) is 7.49. The first-order valence-electron chi connectivity index (χ1n) is 8.81. The summed E-state index contributed by atoms with van der Waals surface area (Å²) in [5, 5.41) is 13.6. The van der Waals surface area contributed by atoms with Gasteiger partial charge in [0, 0.05) is 36.8 Å². The molecule has 1 fully saturated rings. The number of pyridine rings is 2. The van der Waals surface area contributed by atoms with Gasteiger partial charge in [0.15, 0.2) is 0 Å². The van der Waals surface area contributed by atoms with Gasteiger partial charge in [0.1, 0.15) is 11.6 Å². The minimum absolute atomic E-state index is 0.138. The van der Waals surface area contributed by atoms with E-state index in [9.17, 15) is 0 Å². The van der Waals surface area contributed by atoms with E-state index in [4.69, 9.17) is 16.9 Å². The molecule has 0 atom stereocenters. The topological polar surface area (TPSA) is 126 Å². The van der Waals surface area contributed by atoms with E-state index in [1.54, 1.807) is 25.6 Å². The molecule has 7 nitrogen and oxygen atoms in total. The number of nitrogens with two attached hydrogens (primary N) is 2. The molecule has 0 radical (unpaired) electrons. The SMILES string of the molecule is CN/C=C(\C=N)c1cnc2ccc(N/C(N)=C/C(=C\N)C3(C)CC3)nc2c1. The number of nitrogens with one attached hydrogen (secondary N) is 3. The van der Waals surface area contributed by atoms with Crippen molar-refractivity contribution in [1.29, 1.82) is 5.41 Å². The fourth-order valence-corrected chi connectivity index (χ4v) is 2.85. The van der Waals surface area contributed by atoms with Crippen LogP contribution in [0.2, 0.25) is 0 Å². The van der Waals surface area contributed by atoms with Gasteiger partial charge in [-0.15, -0.1) is 0 Å². The van der Waals surface area contributed by atoms with E-state index in [1.807, 2.05) is 24.3 Å². The zero-order valence-corrected chi connectivity index (χ0v) is 15.6. The van der Waals surface area contributed by atoms with Gasteiger partial charge in [-0.2, -0.15) is 0 Å². The fourth-order valence-electron chi connectivity index (χ4n) is 2.85. The average Bonchev–Trinajstić information content (AvgIpc) is 3.42. The zero-order valence-electron chi connectivity index (χ0n) is 15.6. The number of allylic oxidation sites excluding steroid dienone is 3. The molecule has 0 aromatic carbocycles. The summed E-state index contributed by atoms with van der Waals surface area (Å²) in [6.45, 7) is 2.18. The lowest BCUT2D eigenvalue weighted by atomic mass is 9.99. The molecule has 1 aliphatic rings. The molecule has 0 unspecified atom stereocenters. The number of hydrogen-bond acceptors (Lipinski definition) is 7. The van der Waals surface area contributed by atoms with Crippen molar-refractivity contribution in [3.8, 4) is 0 Å². The maximum Gasteiger partial charge on any atom is 0.132 e. The third-order valence-corrected chi connectivity index (χ3v) is 4.79. The van der Waals surface area contributed by atoms with E-state index in [-0.39, 0.29) is 5.41 Å². The van der Waals surface area contributed by atoms with Crippen molar-refractivity contribution >= 4 is 28.6 Å². The van der Waals surface area contributed by atoms with Gasteiger partial charge < -0.3 is 27.5 Å². The summed E-state index contributed by atoms with van der Waals surface area (Å²) in [5.41, 5.74) is 16.1. The quantitative estimate of drug-likeness (QED) is 0.380. The van der Waals surface area contributed by atoms with E-state index in [2.05, 4.69) is 27.5 Å². The lowest BCUT2D eigenvalue weighted by Gasteiger charge is -2.12. The molecule has 140 valence electrons. The Labute approximate surface area is 158 Å². The normalized spacial score (nSPS) is 16.9. The minimum atomic E-state index is 0.138. The molecule has 0 amide bonds. The van der Waals surface area contributed by atoms with Gasteiger partial charge in [0.2, 0.25) is 0 Å². The maximum atomic E-state index is 7.55. The Bertz CT molecular complexity index is 952. The number of aromatic nitrogens is 2. The van der Waals surface area contributed by atoms with Crippen LogP contribution in [-0.2, 0) is 0 Å². The Hall–Kier alpha value is -3.35. The molecule has 0 saturated heterocycles. The number of rotatable bonds is 7. The number of nitrogens with zero attached hydrogens (tertiary/aromatic N) is 2. The Morgan fingerprint density at radius 1 is 1.30 bits per heavy atom. The van der Waals surface area contributed by atoms with Crippen LogP contribution >= 0.6 is 0 Å². The Morgan fingerprint density at radius 2 is 2.07 bits per heavy atom. The predicted octanol–water partition coefficient (Wildman–Crippen LogP) is 2.69. The molecule has 2 aromatic rings. The molecular formula is C20H25N7. The molecule has 7 heteroatoms. The van der Waals surface area contributed by atoms with Gasteiger partial charge in [0.25, 0.3) is 0 Å². The third kappa shape index (κ3) is 4.08. The smallest absolute Gasteiger partial charge is 0.132 e. The van der Waals surface area contributed by atoms with Crippen molar-refractivity contribution in [2.75, 3.05) is 12.4 Å². The molecule has 0 spiro atoms. The average molecular weight is 363 g/mol. The molecule has 7 N–H and O–H groups in total. The van der Waals surface area contributed by atoms with Crippen LogP contribution in [-0.4, -0.2) is 23.2 Å². The third-order valence-electron chi connectivity index (χ3n) is 4.79. The second-order valence-corrected chi connectivity index (χ2v) is 6.90. The molecule has 2 heterocycles. The van der Waals surface area contributed by atoms with Crippen LogP contribution in [0.1, 0.15) is 25.3 Å². The van der Waals surface area contributed by atoms with Crippen molar-refractivity contribution in [3.63, 3.8) is 0 Å². The van der Waals surface area contributed by atoms with E-state index >= 15 is 0 Å². The molecule has 27 heavy (non-hydrogen) atoms. The van der Waals surface area contributed by atoms with E-state index in [0.717, 1.165) is 40.6 Å². The van der Waals surface area contributed by atoms with Crippen molar-refractivity contribution < 1.29 is 0 Å². The summed E-state index contributed by atoms with van der Waals surface area (Å²) in [4.78, 5) is 9.02. The molecule has 1 aliphatic carbocycles. The van der Waals surface area contributed by atoms with Gasteiger partial charge in [0.05, 0.1) is 11.0 Å². The molecule has 1 saturated carbocycles. The Balaban J connectivity index is 1.87. The number of anilines is 1. The van der Waals surface area contributed by atoms with Crippen LogP contribution in [0.4, 0.5) is 5.82 Å². The van der Waals surface area contributed by atoms with E-state index < -0.39 is 0 Å². The summed E-state index contributed by atoms with van der Waals surface area (Å²) >= 11 is 0. The summed E-state index contributed by atoms with van der Waals surface area (Å²) < 4.78 is 0. The van der Waals surface area contributed by atoms with Crippen molar-refractivity contribution in [2.24, 2.45) is 16.9 Å². The van der Waals surface area contributed by atoms with Gasteiger partial charge in [-0.25, -0.2) is 4.98 Å². The lowest BCUT2D eigenvalue weighted by molar-refractivity contribution is 0.705. The highest BCUT2D eigenvalue weighted by Gasteiger charge is 2.40. The first kappa shape index (κ1) is 18.4. The van der Waals surface area contributed by atoms with Gasteiger partial charge in [-0.3, -0.25) is 4.98 Å². The first-order valence-corrected chi connectivity index (χ1v) is 8.81. The van der Waals surface area contributed by atoms with Crippen LogP contribution in [0, 0.1) is 10.8 Å². The van der Waals surface area contributed by atoms with E-state index in [1.165, 1.54) is 6.21 Å². The maximum absolute atomic E-state index is 7.55. The van der Waals surface area contributed by atoms with Crippen LogP contribution < -0.4 is 22.1 Å². The van der Waals surface area contributed by atoms with Crippen LogP contribution in [0.25, 0.3) is 16.6 Å². The Kier molecular flexibility index (Phi) is 5.12. The number of hydrogen-bond donors (Lipinski definition) is 5. The van der Waals surface area contributed by atoms with Crippen LogP contribution in [0.5, 0.6) is 0 Å². The highest BCUT2D eigenvalue weighted by Crippen LogP contribution is 2.51. The van der Waals surface area contributed by atoms with Crippen LogP contribution in [0.15, 0.2) is 54.3 Å². The molecule has 2 aromatic heterocycles. The van der Waals surface area contributed by atoms with Gasteiger partial charge in [-0.05, 0) is 54.3 Å². The van der Waals surface area contributed by atoms with E-state index in [0.29, 0.717) is 11.6 Å². The first-order chi connectivity index (χ1) is 13.0. The zero-order chi connectivity index (χ0) is 19.4. The van der Waals surface area contributed by atoms with Crippen LogP contribution in [0.3, 0.4) is 0 Å². The standard InChI is InChI=1S/C20H25N7/c1-20(5-6-20)15(10-22)8-18(23)27-19-4-3-16-17(26-19)7-13(12-25-16)14(9-21)11-24-2/h3-4,7-12,21,24H,5-6,22-23H2,1-2H3,(H,26,27)/b14-11+,15-10+,18-8+,21-9?. The predicted molar refractivity (Wildman–Crippen MR) is 111 cm³/mol. The minimum Gasteiger partial charge on any atom is -0.404 e. The second-order valence-electron chi connectivity index (χ2n) is 6.90. The van der Waals surface area contributed by atoms with Gasteiger partial charge in [-0.1, -0.05) is 6.92 Å². The molecule has 3 rings (SSSR count). The Morgan fingerprint density at radius 3 is 2.70 bits per heavy atom. The molecule has 0 bridgehead atoms. The van der Waals surface area contributed by atoms with Crippen molar-refractivity contribution in [3.05, 3.63) is 59.8 Å². The molecule has 0 aliphatic heterocycles. The van der Waals surface area contributed by atoms with Crippen molar-refractivity contribution in [2.45, 2.75) is 19.8 Å². The lowest BCUT2D eigenvalue weighted by Crippen LogP contribution is -2.12. The van der Waals surface area contributed by atoms with Gasteiger partial charge >= 0.3 is 0 Å². The monoisotopic (exact) mass is 363 g/mol. The summed E-state index contributed by atoms with van der Waals surface area (Å²) in [6, 6.07) is 5.62. The highest BCUT2D eigenvalue weighted by molar-refractivity contribution is 6.08. The fraction of sp³-hybridized carbons (Fsp3) is 0.250. The number of fused-ring (bicyclic) bond motifs is 1.